The van der Waals surface area contributed by atoms with Crippen LogP contribution in [0.3, 0.4) is 0 Å². The Balaban J connectivity index is 1.77. The van der Waals surface area contributed by atoms with E-state index in [1.54, 1.807) is 18.9 Å². The number of amides is 2. The summed E-state index contributed by atoms with van der Waals surface area (Å²) in [5.41, 5.74) is 1.79. The van der Waals surface area contributed by atoms with E-state index in [1.165, 1.54) is 0 Å². The lowest BCUT2D eigenvalue weighted by Gasteiger charge is -2.26. The molecule has 0 aromatic heterocycles. The Kier molecular flexibility index (Phi) is 5.85. The lowest BCUT2D eigenvalue weighted by atomic mass is 10.0. The van der Waals surface area contributed by atoms with Gasteiger partial charge >= 0.3 is 11.8 Å². The van der Waals surface area contributed by atoms with Crippen molar-refractivity contribution in [3.05, 3.63) is 35.4 Å². The lowest BCUT2D eigenvalue weighted by molar-refractivity contribution is -0.140. The van der Waals surface area contributed by atoms with Crippen LogP contribution in [0.25, 0.3) is 0 Å². The van der Waals surface area contributed by atoms with Crippen LogP contribution in [0.2, 0.25) is 0 Å². The highest BCUT2D eigenvalue weighted by Crippen LogP contribution is 2.30. The monoisotopic (exact) mass is 322 g/mol. The molecule has 6 heteroatoms. The van der Waals surface area contributed by atoms with Crippen LogP contribution in [0.4, 0.5) is 0 Å². The third-order valence-corrected chi connectivity index (χ3v) is 5.07. The van der Waals surface area contributed by atoms with Crippen LogP contribution in [0.1, 0.15) is 17.5 Å². The van der Waals surface area contributed by atoms with E-state index in [0.29, 0.717) is 13.1 Å². The van der Waals surface area contributed by atoms with Gasteiger partial charge < -0.3 is 15.4 Å². The molecule has 0 bridgehead atoms. The van der Waals surface area contributed by atoms with Crippen molar-refractivity contribution in [2.75, 3.05) is 25.2 Å². The molecule has 22 heavy (non-hydrogen) atoms. The van der Waals surface area contributed by atoms with Crippen molar-refractivity contribution in [3.63, 3.8) is 0 Å². The van der Waals surface area contributed by atoms with E-state index in [0.717, 1.165) is 29.1 Å². The number of aryl methyl sites for hydroxylation is 1. The third-order valence-electron chi connectivity index (χ3n) is 3.85. The maximum absolute atomic E-state index is 11.8. The molecule has 0 saturated carbocycles. The number of nitrogens with one attached hydrogen (secondary N) is 2. The summed E-state index contributed by atoms with van der Waals surface area (Å²) in [5.74, 6) is 0.635. The summed E-state index contributed by atoms with van der Waals surface area (Å²) >= 11 is 1.80. The van der Waals surface area contributed by atoms with E-state index in [4.69, 9.17) is 4.74 Å². The van der Waals surface area contributed by atoms with Gasteiger partial charge in [-0.2, -0.15) is 11.8 Å². The first kappa shape index (κ1) is 16.8. The van der Waals surface area contributed by atoms with Crippen LogP contribution >= 0.6 is 11.8 Å². The first-order valence-electron chi connectivity index (χ1n) is 7.29. The number of rotatable bonds is 5. The maximum atomic E-state index is 11.8. The summed E-state index contributed by atoms with van der Waals surface area (Å²) in [6, 6.07) is 7.82. The normalized spacial score (nSPS) is 20.6. The molecule has 0 aliphatic carbocycles. The zero-order valence-corrected chi connectivity index (χ0v) is 13.8. The van der Waals surface area contributed by atoms with Crippen molar-refractivity contribution < 1.29 is 14.3 Å². The van der Waals surface area contributed by atoms with E-state index in [2.05, 4.69) is 10.6 Å². The minimum Gasteiger partial charge on any atom is -0.376 e. The van der Waals surface area contributed by atoms with E-state index >= 15 is 0 Å². The summed E-state index contributed by atoms with van der Waals surface area (Å²) in [7, 11) is 1.65. The molecular formula is C16H22N2O3S. The highest BCUT2D eigenvalue weighted by atomic mass is 32.2. The van der Waals surface area contributed by atoms with Gasteiger partial charge in [0.1, 0.15) is 0 Å². The molecule has 1 aromatic rings. The molecule has 1 atom stereocenters. The quantitative estimate of drug-likeness (QED) is 0.801. The largest absolute Gasteiger partial charge is 0.376 e. The molecule has 2 amide bonds. The summed E-state index contributed by atoms with van der Waals surface area (Å²) in [5, 5.41) is 5.30. The zero-order valence-electron chi connectivity index (χ0n) is 13.0. The van der Waals surface area contributed by atoms with Crippen molar-refractivity contribution in [1.29, 1.82) is 0 Å². The molecule has 1 aliphatic heterocycles. The van der Waals surface area contributed by atoms with Crippen LogP contribution in [0.5, 0.6) is 0 Å². The maximum Gasteiger partial charge on any atom is 0.309 e. The molecule has 1 unspecified atom stereocenters. The third kappa shape index (κ3) is 4.48. The number of carbonyl (C=O) groups excluding carboxylic acids is 2. The van der Waals surface area contributed by atoms with E-state index < -0.39 is 11.8 Å². The Hall–Kier alpha value is -1.53. The van der Waals surface area contributed by atoms with Gasteiger partial charge in [0.25, 0.3) is 0 Å². The van der Waals surface area contributed by atoms with Crippen LogP contribution in [-0.4, -0.2) is 42.6 Å². The predicted octanol–water partition coefficient (Wildman–Crippen LogP) is 1.25. The number of hydrogen-bond donors (Lipinski definition) is 2. The fraction of sp³-hybridized carbons (Fsp3) is 0.500. The summed E-state index contributed by atoms with van der Waals surface area (Å²) in [4.78, 5) is 23.7. The Bertz CT molecular complexity index is 525. The van der Waals surface area contributed by atoms with E-state index in [9.17, 15) is 9.59 Å². The van der Waals surface area contributed by atoms with Crippen molar-refractivity contribution in [3.8, 4) is 0 Å². The van der Waals surface area contributed by atoms with Crippen molar-refractivity contribution >= 4 is 23.6 Å². The summed E-state index contributed by atoms with van der Waals surface area (Å²) in [6.07, 6.45) is 0.888. The van der Waals surface area contributed by atoms with Gasteiger partial charge in [-0.25, -0.2) is 0 Å². The SMILES string of the molecule is COC1(CNC(=O)C(=O)NCc2ccc(C)cc2)CCSC1. The van der Waals surface area contributed by atoms with E-state index in [-0.39, 0.29) is 5.60 Å². The second kappa shape index (κ2) is 7.65. The Morgan fingerprint density at radius 3 is 2.50 bits per heavy atom. The second-order valence-electron chi connectivity index (χ2n) is 5.54. The van der Waals surface area contributed by atoms with Gasteiger partial charge in [-0.1, -0.05) is 29.8 Å². The summed E-state index contributed by atoms with van der Waals surface area (Å²) < 4.78 is 5.50. The first-order valence-corrected chi connectivity index (χ1v) is 8.45. The number of hydrogen-bond acceptors (Lipinski definition) is 4. The minimum atomic E-state index is -0.613. The highest BCUT2D eigenvalue weighted by molar-refractivity contribution is 7.99. The summed E-state index contributed by atoms with van der Waals surface area (Å²) in [6.45, 7) is 2.72. The number of ether oxygens (including phenoxy) is 1. The van der Waals surface area contributed by atoms with Crippen molar-refractivity contribution in [2.45, 2.75) is 25.5 Å². The second-order valence-corrected chi connectivity index (χ2v) is 6.65. The van der Waals surface area contributed by atoms with Crippen molar-refractivity contribution in [2.24, 2.45) is 0 Å². The van der Waals surface area contributed by atoms with Crippen LogP contribution in [-0.2, 0) is 20.9 Å². The molecule has 1 fully saturated rings. The number of carbonyl (C=O) groups is 2. The Labute approximate surface area is 135 Å². The molecule has 120 valence electrons. The van der Waals surface area contributed by atoms with Gasteiger partial charge in [-0.05, 0) is 24.7 Å². The Morgan fingerprint density at radius 1 is 1.23 bits per heavy atom. The highest BCUT2D eigenvalue weighted by Gasteiger charge is 2.35. The van der Waals surface area contributed by atoms with Gasteiger partial charge in [0.2, 0.25) is 0 Å². The lowest BCUT2D eigenvalue weighted by Crippen LogP contribution is -2.48. The topological polar surface area (TPSA) is 67.4 Å². The standard InChI is InChI=1S/C16H22N2O3S/c1-12-3-5-13(6-4-12)9-17-14(19)15(20)18-10-16(21-2)7-8-22-11-16/h3-6H,7-11H2,1-2H3,(H,17,19)(H,18,20). The van der Waals surface area contributed by atoms with Gasteiger partial charge in [-0.3, -0.25) is 9.59 Å². The van der Waals surface area contributed by atoms with Crippen LogP contribution in [0.15, 0.2) is 24.3 Å². The molecule has 1 saturated heterocycles. The number of methoxy groups -OCH3 is 1. The average molecular weight is 322 g/mol. The molecule has 1 aliphatic rings. The molecule has 1 heterocycles. The molecule has 2 N–H and O–H groups in total. The van der Waals surface area contributed by atoms with Crippen LogP contribution in [0, 0.1) is 6.92 Å². The number of thioether (sulfide) groups is 1. The fourth-order valence-electron chi connectivity index (χ4n) is 2.25. The molecule has 0 spiro atoms. The van der Waals surface area contributed by atoms with Gasteiger partial charge in [0.05, 0.1) is 5.60 Å². The van der Waals surface area contributed by atoms with Gasteiger partial charge in [0.15, 0.2) is 0 Å². The first-order chi connectivity index (χ1) is 10.5. The minimum absolute atomic E-state index is 0.336. The van der Waals surface area contributed by atoms with Crippen LogP contribution < -0.4 is 10.6 Å². The van der Waals surface area contributed by atoms with Gasteiger partial charge in [0, 0.05) is 26.0 Å². The molecule has 0 radical (unpaired) electrons. The van der Waals surface area contributed by atoms with E-state index in [1.807, 2.05) is 31.2 Å². The fourth-order valence-corrected chi connectivity index (χ4v) is 3.65. The molecular weight excluding hydrogens is 300 g/mol. The van der Waals surface area contributed by atoms with Gasteiger partial charge in [-0.15, -0.1) is 0 Å². The molecule has 5 nitrogen and oxygen atoms in total. The average Bonchev–Trinajstić information content (AvgIpc) is 3.01. The zero-order chi connectivity index (χ0) is 16.0. The Morgan fingerprint density at radius 2 is 1.91 bits per heavy atom. The molecule has 2 rings (SSSR count). The molecule has 1 aromatic carbocycles. The predicted molar refractivity (Wildman–Crippen MR) is 87.7 cm³/mol. The number of benzene rings is 1. The van der Waals surface area contributed by atoms with Crippen molar-refractivity contribution in [1.82, 2.24) is 10.6 Å². The smallest absolute Gasteiger partial charge is 0.309 e.